The summed E-state index contributed by atoms with van der Waals surface area (Å²) in [5, 5.41) is 3.01. The van der Waals surface area contributed by atoms with Crippen LogP contribution in [0.15, 0.2) is 54.6 Å². The summed E-state index contributed by atoms with van der Waals surface area (Å²) in [5.74, 6) is 1.49. The molecule has 0 saturated carbocycles. The van der Waals surface area contributed by atoms with E-state index in [-0.39, 0.29) is 6.03 Å². The summed E-state index contributed by atoms with van der Waals surface area (Å²) >= 11 is 0. The summed E-state index contributed by atoms with van der Waals surface area (Å²) in [5.41, 5.74) is 2.47. The van der Waals surface area contributed by atoms with Gasteiger partial charge < -0.3 is 19.9 Å². The molecule has 2 amide bonds. The Bertz CT molecular complexity index is 740. The molecule has 1 heterocycles. The smallest absolute Gasteiger partial charge is 0.317 e. The van der Waals surface area contributed by atoms with Crippen molar-refractivity contribution >= 4 is 6.03 Å². The second kappa shape index (κ2) is 10.9. The van der Waals surface area contributed by atoms with Crippen molar-refractivity contribution in [2.75, 3.05) is 40.3 Å². The first kappa shape index (κ1) is 21.2. The van der Waals surface area contributed by atoms with Crippen molar-refractivity contribution < 1.29 is 9.53 Å². The van der Waals surface area contributed by atoms with Gasteiger partial charge in [-0.1, -0.05) is 42.5 Å². The summed E-state index contributed by atoms with van der Waals surface area (Å²) in [7, 11) is 3.60. The second-order valence-electron chi connectivity index (χ2n) is 7.91. The molecule has 0 aromatic heterocycles. The monoisotopic (exact) mass is 395 g/mol. The number of ether oxygens (including phenoxy) is 1. The molecule has 2 aromatic carbocycles. The molecular formula is C24H33N3O2. The van der Waals surface area contributed by atoms with Gasteiger partial charge in [-0.15, -0.1) is 0 Å². The highest BCUT2D eigenvalue weighted by molar-refractivity contribution is 5.73. The van der Waals surface area contributed by atoms with Gasteiger partial charge in [0.25, 0.3) is 0 Å². The molecule has 0 atom stereocenters. The summed E-state index contributed by atoms with van der Waals surface area (Å²) in [6.07, 6.45) is 3.37. The molecule has 1 fully saturated rings. The van der Waals surface area contributed by atoms with Gasteiger partial charge in [0.2, 0.25) is 0 Å². The molecule has 5 heteroatoms. The molecule has 0 unspecified atom stereocenters. The van der Waals surface area contributed by atoms with Gasteiger partial charge >= 0.3 is 6.03 Å². The lowest BCUT2D eigenvalue weighted by Crippen LogP contribution is -2.43. The van der Waals surface area contributed by atoms with Crippen molar-refractivity contribution in [3.05, 3.63) is 65.7 Å². The largest absolute Gasteiger partial charge is 0.497 e. The van der Waals surface area contributed by atoms with Crippen LogP contribution in [0.5, 0.6) is 5.75 Å². The van der Waals surface area contributed by atoms with Crippen LogP contribution in [0.25, 0.3) is 0 Å². The average Bonchev–Trinajstić information content (AvgIpc) is 2.78. The first-order valence-corrected chi connectivity index (χ1v) is 10.5. The summed E-state index contributed by atoms with van der Waals surface area (Å²) in [6.45, 7) is 4.72. The number of carbonyl (C=O) groups is 1. The normalized spacial score (nSPS) is 15.1. The van der Waals surface area contributed by atoms with Gasteiger partial charge in [0.05, 0.1) is 7.11 Å². The van der Waals surface area contributed by atoms with E-state index >= 15 is 0 Å². The van der Waals surface area contributed by atoms with Crippen LogP contribution in [0.1, 0.15) is 24.0 Å². The van der Waals surface area contributed by atoms with E-state index in [1.165, 1.54) is 5.56 Å². The number of hydrogen-bond acceptors (Lipinski definition) is 3. The third-order valence-corrected chi connectivity index (χ3v) is 5.75. The molecule has 29 heavy (non-hydrogen) atoms. The number of rotatable bonds is 8. The molecule has 1 saturated heterocycles. The summed E-state index contributed by atoms with van der Waals surface area (Å²) in [4.78, 5) is 16.7. The molecular weight excluding hydrogens is 362 g/mol. The number of likely N-dealkylation sites (tertiary alicyclic amines) is 1. The van der Waals surface area contributed by atoms with Crippen molar-refractivity contribution in [1.29, 1.82) is 0 Å². The van der Waals surface area contributed by atoms with Gasteiger partial charge in [-0.3, -0.25) is 0 Å². The van der Waals surface area contributed by atoms with Gasteiger partial charge in [0.1, 0.15) is 5.75 Å². The maximum absolute atomic E-state index is 12.4. The fourth-order valence-electron chi connectivity index (χ4n) is 3.85. The number of nitrogens with one attached hydrogen (secondary N) is 1. The highest BCUT2D eigenvalue weighted by Gasteiger charge is 2.21. The molecule has 1 N–H and O–H groups in total. The van der Waals surface area contributed by atoms with Crippen LogP contribution in [-0.2, 0) is 13.0 Å². The number of urea groups is 1. The van der Waals surface area contributed by atoms with Crippen molar-refractivity contribution in [3.63, 3.8) is 0 Å². The van der Waals surface area contributed by atoms with Gasteiger partial charge in [0.15, 0.2) is 0 Å². The molecule has 3 rings (SSSR count). The van der Waals surface area contributed by atoms with Crippen LogP contribution in [0, 0.1) is 5.92 Å². The van der Waals surface area contributed by atoms with Crippen LogP contribution in [0.4, 0.5) is 4.79 Å². The maximum Gasteiger partial charge on any atom is 0.317 e. The number of hydrogen-bond donors (Lipinski definition) is 1. The average molecular weight is 396 g/mol. The van der Waals surface area contributed by atoms with Gasteiger partial charge in [0, 0.05) is 26.7 Å². The van der Waals surface area contributed by atoms with Gasteiger partial charge in [-0.05, 0) is 61.5 Å². The first-order chi connectivity index (χ1) is 14.1. The first-order valence-electron chi connectivity index (χ1n) is 10.5. The number of amides is 2. The topological polar surface area (TPSA) is 44.8 Å². The Balaban J connectivity index is 1.33. The highest BCUT2D eigenvalue weighted by atomic mass is 16.5. The van der Waals surface area contributed by atoms with E-state index in [0.717, 1.165) is 56.8 Å². The van der Waals surface area contributed by atoms with Gasteiger partial charge in [-0.25, -0.2) is 4.79 Å². The van der Waals surface area contributed by atoms with Crippen molar-refractivity contribution in [1.82, 2.24) is 15.1 Å². The molecule has 1 aliphatic heterocycles. The number of piperidine rings is 1. The van der Waals surface area contributed by atoms with Crippen LogP contribution in [-0.4, -0.2) is 56.2 Å². The van der Waals surface area contributed by atoms with Crippen LogP contribution in [0.2, 0.25) is 0 Å². The Morgan fingerprint density at radius 1 is 1.07 bits per heavy atom. The van der Waals surface area contributed by atoms with E-state index in [1.807, 2.05) is 54.4 Å². The SMILES string of the molecule is COc1ccc(CCN2CCC(CN(C)C(=O)NCc3ccccc3)CC2)cc1. The van der Waals surface area contributed by atoms with Crippen LogP contribution >= 0.6 is 0 Å². The minimum absolute atomic E-state index is 0.00999. The molecule has 1 aliphatic rings. The predicted molar refractivity (Wildman–Crippen MR) is 117 cm³/mol. The molecule has 0 spiro atoms. The Hall–Kier alpha value is -2.53. The number of methoxy groups -OCH3 is 1. The zero-order chi connectivity index (χ0) is 20.5. The quantitative estimate of drug-likeness (QED) is 0.740. The molecule has 0 aliphatic carbocycles. The zero-order valence-electron chi connectivity index (χ0n) is 17.6. The lowest BCUT2D eigenvalue weighted by molar-refractivity contribution is 0.155. The molecule has 0 radical (unpaired) electrons. The minimum Gasteiger partial charge on any atom is -0.497 e. The van der Waals surface area contributed by atoms with Crippen LogP contribution < -0.4 is 10.1 Å². The zero-order valence-corrected chi connectivity index (χ0v) is 17.6. The van der Waals surface area contributed by atoms with E-state index in [4.69, 9.17) is 4.74 Å². The Kier molecular flexibility index (Phi) is 7.94. The molecule has 0 bridgehead atoms. The van der Waals surface area contributed by atoms with Crippen LogP contribution in [0.3, 0.4) is 0 Å². The fraction of sp³-hybridized carbons (Fsp3) is 0.458. The molecule has 5 nitrogen and oxygen atoms in total. The van der Waals surface area contributed by atoms with Crippen molar-refractivity contribution in [2.45, 2.75) is 25.8 Å². The Labute approximate surface area is 174 Å². The fourth-order valence-corrected chi connectivity index (χ4v) is 3.85. The van der Waals surface area contributed by atoms with Crippen molar-refractivity contribution in [2.24, 2.45) is 5.92 Å². The highest BCUT2D eigenvalue weighted by Crippen LogP contribution is 2.19. The predicted octanol–water partition coefficient (Wildman–Crippen LogP) is 3.79. The van der Waals surface area contributed by atoms with Crippen molar-refractivity contribution in [3.8, 4) is 5.75 Å². The second-order valence-corrected chi connectivity index (χ2v) is 7.91. The van der Waals surface area contributed by atoms with E-state index in [2.05, 4.69) is 22.3 Å². The van der Waals surface area contributed by atoms with E-state index in [9.17, 15) is 4.79 Å². The van der Waals surface area contributed by atoms with Gasteiger partial charge in [-0.2, -0.15) is 0 Å². The maximum atomic E-state index is 12.4. The Morgan fingerprint density at radius 3 is 2.41 bits per heavy atom. The number of nitrogens with zero attached hydrogens (tertiary/aromatic N) is 2. The number of benzene rings is 2. The lowest BCUT2D eigenvalue weighted by atomic mass is 9.96. The number of carbonyl (C=O) groups excluding carboxylic acids is 1. The van der Waals surface area contributed by atoms with E-state index in [1.54, 1.807) is 7.11 Å². The molecule has 2 aromatic rings. The lowest BCUT2D eigenvalue weighted by Gasteiger charge is -2.34. The van der Waals surface area contributed by atoms with E-state index in [0.29, 0.717) is 12.5 Å². The standard InChI is InChI=1S/C24H33N3O2/c1-26(24(28)25-18-21-6-4-3-5-7-21)19-22-13-16-27(17-14-22)15-12-20-8-10-23(29-2)11-9-20/h3-11,22H,12-19H2,1-2H3,(H,25,28). The summed E-state index contributed by atoms with van der Waals surface area (Å²) in [6, 6.07) is 18.4. The third-order valence-electron chi connectivity index (χ3n) is 5.75. The minimum atomic E-state index is 0.00999. The third kappa shape index (κ3) is 6.79. The van der Waals surface area contributed by atoms with E-state index < -0.39 is 0 Å². The molecule has 156 valence electrons. The Morgan fingerprint density at radius 2 is 1.76 bits per heavy atom. The summed E-state index contributed by atoms with van der Waals surface area (Å²) < 4.78 is 5.22.